The van der Waals surface area contributed by atoms with Crippen LogP contribution in [0.25, 0.3) is 0 Å². The lowest BCUT2D eigenvalue weighted by atomic mass is 10.1. The molecule has 1 atom stereocenters. The van der Waals surface area contributed by atoms with Gasteiger partial charge in [-0.1, -0.05) is 19.3 Å². The maximum absolute atomic E-state index is 10.0. The largest absolute Gasteiger partial charge is 0.365 e. The lowest BCUT2D eigenvalue weighted by Crippen LogP contribution is -2.36. The maximum Gasteiger partial charge on any atom is 0.251 e. The zero-order chi connectivity index (χ0) is 13.1. The molecular formula is C10H23N5O2. The monoisotopic (exact) mass is 245 g/mol. The second kappa shape index (κ2) is 9.83. The van der Waals surface area contributed by atoms with Crippen molar-refractivity contribution in [3.63, 3.8) is 0 Å². The number of nitrogens with two attached hydrogens (primary N) is 1. The minimum absolute atomic E-state index is 0.133. The molecule has 1 unspecified atom stereocenters. The molecule has 0 spiro atoms. The number of nitrogens with zero attached hydrogens (tertiary/aromatic N) is 2. The Bertz CT molecular complexity index is 245. The van der Waals surface area contributed by atoms with Gasteiger partial charge in [-0.25, -0.2) is 15.1 Å². The van der Waals surface area contributed by atoms with Crippen LogP contribution in [0.2, 0.25) is 0 Å². The molecule has 0 amide bonds. The molecule has 17 heavy (non-hydrogen) atoms. The van der Waals surface area contributed by atoms with Crippen LogP contribution >= 0.6 is 0 Å². The van der Waals surface area contributed by atoms with E-state index >= 15 is 0 Å². The molecule has 7 heteroatoms. The third kappa shape index (κ3) is 10.9. The van der Waals surface area contributed by atoms with E-state index in [0.29, 0.717) is 12.5 Å². The molecular weight excluding hydrogens is 222 g/mol. The van der Waals surface area contributed by atoms with Gasteiger partial charge in [0.15, 0.2) is 5.03 Å². The van der Waals surface area contributed by atoms with E-state index in [-0.39, 0.29) is 5.96 Å². The summed E-state index contributed by atoms with van der Waals surface area (Å²) in [6.07, 6.45) is 3.06. The molecule has 0 saturated carbocycles. The predicted octanol–water partition coefficient (Wildman–Crippen LogP) is 0.498. The van der Waals surface area contributed by atoms with Gasteiger partial charge in [-0.15, -0.1) is 0 Å². The van der Waals surface area contributed by atoms with E-state index in [1.165, 1.54) is 0 Å². The van der Waals surface area contributed by atoms with Crippen molar-refractivity contribution >= 4 is 5.96 Å². The summed E-state index contributed by atoms with van der Waals surface area (Å²) in [4.78, 5) is 13.9. The van der Waals surface area contributed by atoms with Crippen molar-refractivity contribution in [2.45, 2.75) is 33.1 Å². The van der Waals surface area contributed by atoms with Crippen molar-refractivity contribution in [3.05, 3.63) is 10.1 Å². The van der Waals surface area contributed by atoms with Crippen LogP contribution in [-0.2, 0) is 0 Å². The standard InChI is InChI=1S/C10H23N5O2/c1-3-6-12-8-9(2)5-4-7-13-10(11)14-15(16)17/h9,12H,3-8H2,1-2H3,(H3,11,13,14). The first-order valence-electron chi connectivity index (χ1n) is 5.98. The van der Waals surface area contributed by atoms with Gasteiger partial charge in [0.05, 0.1) is 0 Å². The third-order valence-corrected chi connectivity index (χ3v) is 2.26. The quantitative estimate of drug-likeness (QED) is 0.180. The summed E-state index contributed by atoms with van der Waals surface area (Å²) in [5, 5.41) is 12.7. The van der Waals surface area contributed by atoms with Gasteiger partial charge in [-0.2, -0.15) is 0 Å². The fourth-order valence-electron chi connectivity index (χ4n) is 1.40. The summed E-state index contributed by atoms with van der Waals surface area (Å²) in [5.41, 5.74) is 7.08. The number of nitrogens with one attached hydrogen (secondary N) is 2. The highest BCUT2D eigenvalue weighted by Gasteiger charge is 2.01. The Morgan fingerprint density at radius 2 is 2.29 bits per heavy atom. The van der Waals surface area contributed by atoms with Crippen LogP contribution in [0.5, 0.6) is 0 Å². The van der Waals surface area contributed by atoms with Crippen LogP contribution in [0.15, 0.2) is 4.99 Å². The molecule has 0 aliphatic rings. The van der Waals surface area contributed by atoms with E-state index < -0.39 is 5.03 Å². The van der Waals surface area contributed by atoms with Crippen molar-refractivity contribution in [1.82, 2.24) is 10.7 Å². The molecule has 0 radical (unpaired) electrons. The topological polar surface area (TPSA) is 106 Å². The average molecular weight is 245 g/mol. The average Bonchev–Trinajstić information content (AvgIpc) is 2.24. The Morgan fingerprint density at radius 1 is 1.59 bits per heavy atom. The molecule has 4 N–H and O–H groups in total. The second-order valence-electron chi connectivity index (χ2n) is 4.09. The predicted molar refractivity (Wildman–Crippen MR) is 68.2 cm³/mol. The Balaban J connectivity index is 3.52. The van der Waals surface area contributed by atoms with Gasteiger partial charge in [0.1, 0.15) is 0 Å². The zero-order valence-electron chi connectivity index (χ0n) is 10.6. The number of guanidine groups is 1. The van der Waals surface area contributed by atoms with Gasteiger partial charge in [0, 0.05) is 6.54 Å². The molecule has 100 valence electrons. The molecule has 0 aliphatic carbocycles. The van der Waals surface area contributed by atoms with E-state index in [1.54, 1.807) is 0 Å². The fraction of sp³-hybridized carbons (Fsp3) is 0.900. The van der Waals surface area contributed by atoms with E-state index in [0.717, 1.165) is 32.4 Å². The Hall–Kier alpha value is -1.37. The number of hydrogen-bond donors (Lipinski definition) is 3. The highest BCUT2D eigenvalue weighted by Crippen LogP contribution is 2.03. The van der Waals surface area contributed by atoms with Crippen molar-refractivity contribution in [2.24, 2.45) is 16.6 Å². The molecule has 0 rings (SSSR count). The summed E-state index contributed by atoms with van der Waals surface area (Å²) in [7, 11) is 0. The Kier molecular flexibility index (Phi) is 9.04. The number of aliphatic imine (C=N–C) groups is 1. The highest BCUT2D eigenvalue weighted by molar-refractivity contribution is 5.76. The summed E-state index contributed by atoms with van der Waals surface area (Å²) in [6, 6.07) is 0. The molecule has 0 aromatic carbocycles. The van der Waals surface area contributed by atoms with Crippen molar-refractivity contribution in [3.8, 4) is 0 Å². The van der Waals surface area contributed by atoms with Crippen LogP contribution in [-0.4, -0.2) is 30.6 Å². The van der Waals surface area contributed by atoms with E-state index in [2.05, 4.69) is 24.2 Å². The van der Waals surface area contributed by atoms with Gasteiger partial charge in [0.25, 0.3) is 5.96 Å². The molecule has 0 saturated heterocycles. The minimum Gasteiger partial charge on any atom is -0.365 e. The third-order valence-electron chi connectivity index (χ3n) is 2.26. The minimum atomic E-state index is -0.712. The van der Waals surface area contributed by atoms with Crippen LogP contribution in [0.1, 0.15) is 33.1 Å². The number of rotatable bonds is 9. The van der Waals surface area contributed by atoms with Crippen molar-refractivity contribution in [2.75, 3.05) is 19.6 Å². The van der Waals surface area contributed by atoms with Gasteiger partial charge in [-0.3, -0.25) is 0 Å². The van der Waals surface area contributed by atoms with E-state index in [4.69, 9.17) is 5.73 Å². The molecule has 0 aromatic heterocycles. The highest BCUT2D eigenvalue weighted by atomic mass is 16.7. The molecule has 0 aliphatic heterocycles. The lowest BCUT2D eigenvalue weighted by Gasteiger charge is -2.11. The molecule has 0 aromatic rings. The number of nitro groups is 1. The summed E-state index contributed by atoms with van der Waals surface area (Å²) in [5.74, 6) is 0.452. The van der Waals surface area contributed by atoms with Gasteiger partial charge in [-0.05, 0) is 38.3 Å². The first kappa shape index (κ1) is 15.6. The number of hydrogen-bond acceptors (Lipinski definition) is 4. The van der Waals surface area contributed by atoms with Gasteiger partial charge >= 0.3 is 0 Å². The van der Waals surface area contributed by atoms with E-state index in [1.807, 2.05) is 5.43 Å². The van der Waals surface area contributed by atoms with Crippen molar-refractivity contribution < 1.29 is 5.03 Å². The summed E-state index contributed by atoms with van der Waals surface area (Å²) >= 11 is 0. The van der Waals surface area contributed by atoms with Crippen molar-refractivity contribution in [1.29, 1.82) is 0 Å². The van der Waals surface area contributed by atoms with Crippen LogP contribution in [0, 0.1) is 16.0 Å². The smallest absolute Gasteiger partial charge is 0.251 e. The number of hydrazine groups is 1. The summed E-state index contributed by atoms with van der Waals surface area (Å²) < 4.78 is 0. The lowest BCUT2D eigenvalue weighted by molar-refractivity contribution is -0.525. The first-order chi connectivity index (χ1) is 8.06. The van der Waals surface area contributed by atoms with Gasteiger partial charge in [0.2, 0.25) is 0 Å². The maximum atomic E-state index is 10.0. The second-order valence-corrected chi connectivity index (χ2v) is 4.09. The molecule has 0 heterocycles. The van der Waals surface area contributed by atoms with Gasteiger partial charge < -0.3 is 11.1 Å². The SMILES string of the molecule is CCCNCC(C)CCCN=C(N)N[N+](=O)[O-]. The Labute approximate surface area is 102 Å². The zero-order valence-corrected chi connectivity index (χ0v) is 10.6. The molecule has 0 fully saturated rings. The normalized spacial score (nSPS) is 13.4. The van der Waals surface area contributed by atoms with Crippen LogP contribution < -0.4 is 16.5 Å². The summed E-state index contributed by atoms with van der Waals surface area (Å²) in [6.45, 7) is 6.87. The van der Waals surface area contributed by atoms with Crippen LogP contribution in [0.3, 0.4) is 0 Å². The Morgan fingerprint density at radius 3 is 2.88 bits per heavy atom. The molecule has 0 bridgehead atoms. The molecule has 7 nitrogen and oxygen atoms in total. The van der Waals surface area contributed by atoms with E-state index in [9.17, 15) is 10.1 Å². The van der Waals surface area contributed by atoms with Crippen LogP contribution in [0.4, 0.5) is 0 Å². The fourth-order valence-corrected chi connectivity index (χ4v) is 1.40. The first-order valence-corrected chi connectivity index (χ1v) is 5.98.